The third-order valence-corrected chi connectivity index (χ3v) is 7.25. The van der Waals surface area contributed by atoms with Crippen molar-refractivity contribution < 1.29 is 19.5 Å². The maximum absolute atomic E-state index is 13.4. The van der Waals surface area contributed by atoms with Crippen molar-refractivity contribution in [3.05, 3.63) is 107 Å². The van der Waals surface area contributed by atoms with Gasteiger partial charge in [-0.1, -0.05) is 48.5 Å². The van der Waals surface area contributed by atoms with Crippen molar-refractivity contribution in [1.29, 1.82) is 0 Å². The Morgan fingerprint density at radius 3 is 2.28 bits per heavy atom. The molecule has 2 aromatic heterocycles. The van der Waals surface area contributed by atoms with E-state index >= 15 is 0 Å². The predicted molar refractivity (Wildman–Crippen MR) is 150 cm³/mol. The zero-order valence-electron chi connectivity index (χ0n) is 21.3. The normalized spacial score (nSPS) is 13.6. The highest BCUT2D eigenvalue weighted by atomic mass is 16.4. The number of aliphatic carboxylic acids is 1. The van der Waals surface area contributed by atoms with Gasteiger partial charge in [-0.3, -0.25) is 19.7 Å². The van der Waals surface area contributed by atoms with Gasteiger partial charge in [0.05, 0.1) is 17.6 Å². The van der Waals surface area contributed by atoms with E-state index in [4.69, 9.17) is 5.73 Å². The van der Waals surface area contributed by atoms with E-state index in [1.807, 2.05) is 83.2 Å². The summed E-state index contributed by atoms with van der Waals surface area (Å²) in [6, 6.07) is 21.2. The lowest BCUT2D eigenvalue weighted by Crippen LogP contribution is -2.22. The second-order valence-corrected chi connectivity index (χ2v) is 9.82. The Morgan fingerprint density at radius 2 is 1.54 bits per heavy atom. The first-order valence-electron chi connectivity index (χ1n) is 12.6. The fourth-order valence-corrected chi connectivity index (χ4v) is 5.52. The third-order valence-electron chi connectivity index (χ3n) is 7.25. The zero-order valence-corrected chi connectivity index (χ0v) is 21.3. The lowest BCUT2D eigenvalue weighted by molar-refractivity contribution is -0.136. The predicted octanol–water partition coefficient (Wildman–Crippen LogP) is 3.83. The number of rotatable bonds is 7. The lowest BCUT2D eigenvalue weighted by atomic mass is 9.95. The molecule has 3 heterocycles. The van der Waals surface area contributed by atoms with E-state index in [2.05, 4.69) is 5.32 Å². The molecule has 0 saturated heterocycles. The van der Waals surface area contributed by atoms with E-state index in [9.17, 15) is 19.5 Å². The highest BCUT2D eigenvalue weighted by Crippen LogP contribution is 2.39. The van der Waals surface area contributed by atoms with Crippen molar-refractivity contribution in [2.45, 2.75) is 19.5 Å². The Labute approximate surface area is 224 Å². The van der Waals surface area contributed by atoms with Crippen LogP contribution in [0.2, 0.25) is 0 Å². The van der Waals surface area contributed by atoms with Crippen molar-refractivity contribution in [3.63, 3.8) is 0 Å². The summed E-state index contributed by atoms with van der Waals surface area (Å²) in [5.74, 6) is -1.88. The number of carboxylic acids is 1. The number of fused-ring (bicyclic) bond motifs is 2. The van der Waals surface area contributed by atoms with E-state index in [0.29, 0.717) is 40.7 Å². The highest BCUT2D eigenvalue weighted by molar-refractivity contribution is 6.50. The fraction of sp³-hybridized carbons (Fsp3) is 0.129. The molecule has 0 fully saturated rings. The van der Waals surface area contributed by atoms with Gasteiger partial charge in [-0.2, -0.15) is 0 Å². The molecule has 8 nitrogen and oxygen atoms in total. The Hall–Kier alpha value is -4.95. The second kappa shape index (κ2) is 9.41. The molecule has 194 valence electrons. The summed E-state index contributed by atoms with van der Waals surface area (Å²) in [6.45, 7) is 0.933. The number of imide groups is 1. The van der Waals surface area contributed by atoms with Crippen molar-refractivity contribution in [3.8, 4) is 0 Å². The van der Waals surface area contributed by atoms with Crippen LogP contribution in [-0.2, 0) is 40.9 Å². The molecule has 0 atom stereocenters. The van der Waals surface area contributed by atoms with Gasteiger partial charge >= 0.3 is 5.97 Å². The number of nitrogens with two attached hydrogens (primary N) is 1. The van der Waals surface area contributed by atoms with Crippen LogP contribution in [0.25, 0.3) is 33.0 Å². The summed E-state index contributed by atoms with van der Waals surface area (Å²) in [4.78, 5) is 38.1. The fourth-order valence-electron chi connectivity index (χ4n) is 5.52. The number of para-hydroxylation sites is 1. The number of carboxylic acid groups (broad SMARTS) is 1. The van der Waals surface area contributed by atoms with E-state index in [-0.39, 0.29) is 12.0 Å². The van der Waals surface area contributed by atoms with Crippen LogP contribution in [0.4, 0.5) is 0 Å². The molecule has 39 heavy (non-hydrogen) atoms. The van der Waals surface area contributed by atoms with Gasteiger partial charge in [-0.05, 0) is 34.9 Å². The molecule has 4 N–H and O–H groups in total. The summed E-state index contributed by atoms with van der Waals surface area (Å²) in [7, 11) is 1.90. The van der Waals surface area contributed by atoms with E-state index in [1.165, 1.54) is 0 Å². The average Bonchev–Trinajstić information content (AvgIpc) is 3.53. The number of nitrogens with one attached hydrogen (secondary N) is 1. The first kappa shape index (κ1) is 24.4. The topological polar surface area (TPSA) is 119 Å². The third kappa shape index (κ3) is 4.20. The number of carbonyl (C=O) groups excluding carboxylic acids is 2. The number of carbonyl (C=O) groups is 3. The summed E-state index contributed by atoms with van der Waals surface area (Å²) < 4.78 is 3.96. The summed E-state index contributed by atoms with van der Waals surface area (Å²) in [5, 5.41) is 13.5. The van der Waals surface area contributed by atoms with Gasteiger partial charge in [-0.15, -0.1) is 0 Å². The van der Waals surface area contributed by atoms with Gasteiger partial charge in [0.1, 0.15) is 0 Å². The molecule has 0 saturated carbocycles. The van der Waals surface area contributed by atoms with Crippen LogP contribution in [-0.4, -0.2) is 32.0 Å². The van der Waals surface area contributed by atoms with Gasteiger partial charge in [0.2, 0.25) is 0 Å². The van der Waals surface area contributed by atoms with Gasteiger partial charge in [0.25, 0.3) is 11.8 Å². The molecule has 0 bridgehead atoms. The maximum Gasteiger partial charge on any atom is 0.307 e. The van der Waals surface area contributed by atoms with Crippen LogP contribution >= 0.6 is 0 Å². The standard InChI is InChI=1S/C31H26N4O4/c1-34-16-23(21-7-2-3-8-25(21)34)28-29(31(39)33-30(28)38)24-17-35(15-20-6-4-5-19(11-20)14-32)26-10-9-18(12-22(24)26)13-27(36)37/h2-12,16-17H,13-15,32H2,1H3,(H,36,37)(H,33,38,39). The van der Waals surface area contributed by atoms with Gasteiger partial charge in [0.15, 0.2) is 0 Å². The highest BCUT2D eigenvalue weighted by Gasteiger charge is 2.35. The number of aromatic nitrogens is 2. The lowest BCUT2D eigenvalue weighted by Gasteiger charge is -2.08. The molecule has 1 aliphatic heterocycles. The van der Waals surface area contributed by atoms with Crippen LogP contribution in [0.15, 0.2) is 79.1 Å². The van der Waals surface area contributed by atoms with Gasteiger partial charge in [0, 0.05) is 65.5 Å². The largest absolute Gasteiger partial charge is 0.481 e. The number of benzene rings is 3. The van der Waals surface area contributed by atoms with Crippen molar-refractivity contribution in [2.24, 2.45) is 12.8 Å². The molecule has 6 rings (SSSR count). The quantitative estimate of drug-likeness (QED) is 0.283. The van der Waals surface area contributed by atoms with Crippen molar-refractivity contribution in [1.82, 2.24) is 14.5 Å². The molecule has 0 aliphatic carbocycles. The molecule has 1 aliphatic rings. The second-order valence-electron chi connectivity index (χ2n) is 9.82. The molecule has 2 amide bonds. The first-order chi connectivity index (χ1) is 18.8. The molecular formula is C31H26N4O4. The SMILES string of the molecule is Cn1cc(C2=C(c3cn(Cc4cccc(CN)c4)c4ccc(CC(=O)O)cc34)C(=O)NC2=O)c2ccccc21. The maximum atomic E-state index is 13.4. The van der Waals surface area contributed by atoms with Crippen LogP contribution in [0.1, 0.15) is 27.8 Å². The summed E-state index contributed by atoms with van der Waals surface area (Å²) >= 11 is 0. The van der Waals surface area contributed by atoms with Crippen LogP contribution in [0.3, 0.4) is 0 Å². The Kier molecular flexibility index (Phi) is 5.89. The molecule has 8 heteroatoms. The van der Waals surface area contributed by atoms with Crippen LogP contribution in [0, 0.1) is 0 Å². The number of aryl methyl sites for hydroxylation is 1. The number of nitrogens with zero attached hydrogens (tertiary/aromatic N) is 2. The Bertz CT molecular complexity index is 1860. The van der Waals surface area contributed by atoms with Crippen LogP contribution in [0.5, 0.6) is 0 Å². The zero-order chi connectivity index (χ0) is 27.3. The van der Waals surface area contributed by atoms with Crippen molar-refractivity contribution in [2.75, 3.05) is 0 Å². The number of amides is 2. The summed E-state index contributed by atoms with van der Waals surface area (Å²) in [5.41, 5.74) is 12.1. The molecule has 3 aromatic carbocycles. The van der Waals surface area contributed by atoms with Gasteiger partial charge < -0.3 is 20.0 Å². The molecular weight excluding hydrogens is 492 g/mol. The minimum Gasteiger partial charge on any atom is -0.481 e. The van der Waals surface area contributed by atoms with E-state index < -0.39 is 17.8 Å². The summed E-state index contributed by atoms with van der Waals surface area (Å²) in [6.07, 6.45) is 3.59. The molecule has 5 aromatic rings. The number of hydrogen-bond acceptors (Lipinski definition) is 4. The van der Waals surface area contributed by atoms with E-state index in [0.717, 1.165) is 27.5 Å². The Morgan fingerprint density at radius 1 is 0.821 bits per heavy atom. The Balaban J connectivity index is 1.60. The molecule has 0 radical (unpaired) electrons. The van der Waals surface area contributed by atoms with E-state index in [1.54, 1.807) is 12.1 Å². The monoisotopic (exact) mass is 518 g/mol. The minimum absolute atomic E-state index is 0.153. The average molecular weight is 519 g/mol. The molecule has 0 unspecified atom stereocenters. The van der Waals surface area contributed by atoms with Gasteiger partial charge in [-0.25, -0.2) is 0 Å². The smallest absolute Gasteiger partial charge is 0.307 e. The van der Waals surface area contributed by atoms with Crippen LogP contribution < -0.4 is 11.1 Å². The molecule has 0 spiro atoms. The minimum atomic E-state index is -0.946. The first-order valence-corrected chi connectivity index (χ1v) is 12.6. The number of hydrogen-bond donors (Lipinski definition) is 3. The van der Waals surface area contributed by atoms with Crippen molar-refractivity contribution >= 4 is 50.7 Å².